The SMILES string of the molecule is CCCCCCCCCCCCCCCCCCCCCC(=O)OC(COC(=O)CCCCCC)COP(=O)(O)OC1C(O)C(O)C(O)C(O)C1O. The molecule has 6 N–H and O–H groups in total. The summed E-state index contributed by atoms with van der Waals surface area (Å²) in [7, 11) is -5.09. The molecule has 1 saturated carbocycles. The van der Waals surface area contributed by atoms with E-state index in [1.54, 1.807) is 0 Å². The molecule has 1 aliphatic carbocycles. The van der Waals surface area contributed by atoms with Gasteiger partial charge < -0.3 is 39.9 Å². The molecule has 0 aliphatic heterocycles. The van der Waals surface area contributed by atoms with E-state index in [0.29, 0.717) is 12.8 Å². The maximum atomic E-state index is 12.7. The highest BCUT2D eigenvalue weighted by molar-refractivity contribution is 7.47. The Hall–Kier alpha value is -1.15. The molecule has 0 saturated heterocycles. The van der Waals surface area contributed by atoms with Crippen molar-refractivity contribution in [2.75, 3.05) is 13.2 Å². The van der Waals surface area contributed by atoms with Gasteiger partial charge in [0.2, 0.25) is 0 Å². The Morgan fingerprint density at radius 2 is 0.865 bits per heavy atom. The summed E-state index contributed by atoms with van der Waals surface area (Å²) >= 11 is 0. The van der Waals surface area contributed by atoms with Crippen LogP contribution in [0, 0.1) is 0 Å². The molecular formula is C38H73O13P. The number of unbranched alkanes of at least 4 members (excludes halogenated alkanes) is 21. The fourth-order valence-electron chi connectivity index (χ4n) is 6.35. The first-order valence-electron chi connectivity index (χ1n) is 20.3. The van der Waals surface area contributed by atoms with Crippen molar-refractivity contribution >= 4 is 19.8 Å². The van der Waals surface area contributed by atoms with Gasteiger partial charge in [0.1, 0.15) is 43.2 Å². The van der Waals surface area contributed by atoms with Crippen LogP contribution in [0.2, 0.25) is 0 Å². The maximum absolute atomic E-state index is 12.7. The van der Waals surface area contributed by atoms with Crippen LogP contribution in [0.25, 0.3) is 0 Å². The zero-order valence-corrected chi connectivity index (χ0v) is 33.0. The van der Waals surface area contributed by atoms with Gasteiger partial charge in [-0.3, -0.25) is 18.6 Å². The minimum atomic E-state index is -5.09. The molecule has 6 atom stereocenters. The maximum Gasteiger partial charge on any atom is 0.472 e. The fourth-order valence-corrected chi connectivity index (χ4v) is 7.32. The lowest BCUT2D eigenvalue weighted by Gasteiger charge is -2.41. The number of rotatable bonds is 33. The third-order valence-corrected chi connectivity index (χ3v) is 10.7. The second kappa shape index (κ2) is 30.1. The predicted octanol–water partition coefficient (Wildman–Crippen LogP) is 6.55. The molecule has 13 nitrogen and oxygen atoms in total. The third kappa shape index (κ3) is 22.9. The van der Waals surface area contributed by atoms with Crippen molar-refractivity contribution in [3.63, 3.8) is 0 Å². The second-order valence-electron chi connectivity index (χ2n) is 14.5. The first-order chi connectivity index (χ1) is 24.9. The van der Waals surface area contributed by atoms with Gasteiger partial charge in [0.25, 0.3) is 0 Å². The summed E-state index contributed by atoms with van der Waals surface area (Å²) in [4.78, 5) is 35.1. The molecule has 1 fully saturated rings. The number of phosphoric acid groups is 1. The summed E-state index contributed by atoms with van der Waals surface area (Å²) < 4.78 is 33.1. The van der Waals surface area contributed by atoms with Crippen molar-refractivity contribution in [3.8, 4) is 0 Å². The van der Waals surface area contributed by atoms with Gasteiger partial charge in [-0.1, -0.05) is 149 Å². The van der Waals surface area contributed by atoms with E-state index in [2.05, 4.69) is 6.92 Å². The van der Waals surface area contributed by atoms with E-state index >= 15 is 0 Å². The van der Waals surface area contributed by atoms with E-state index in [0.717, 1.165) is 38.5 Å². The monoisotopic (exact) mass is 768 g/mol. The summed E-state index contributed by atoms with van der Waals surface area (Å²) in [5.41, 5.74) is 0. The summed E-state index contributed by atoms with van der Waals surface area (Å²) in [6, 6.07) is 0. The molecule has 14 heteroatoms. The van der Waals surface area contributed by atoms with Crippen molar-refractivity contribution < 1.29 is 63.1 Å². The molecule has 0 aromatic rings. The number of carbonyl (C=O) groups excluding carboxylic acids is 2. The molecule has 0 spiro atoms. The zero-order valence-electron chi connectivity index (χ0n) is 32.1. The lowest BCUT2D eigenvalue weighted by molar-refractivity contribution is -0.220. The number of ether oxygens (including phenoxy) is 2. The Bertz CT molecular complexity index is 938. The van der Waals surface area contributed by atoms with E-state index in [1.165, 1.54) is 96.3 Å². The molecule has 0 aromatic carbocycles. The van der Waals surface area contributed by atoms with Gasteiger partial charge in [0.15, 0.2) is 6.10 Å². The molecule has 1 rings (SSSR count). The number of hydrogen-bond acceptors (Lipinski definition) is 12. The average molecular weight is 769 g/mol. The molecule has 0 radical (unpaired) electrons. The smallest absolute Gasteiger partial charge is 0.462 e. The van der Waals surface area contributed by atoms with Crippen LogP contribution >= 0.6 is 7.82 Å². The van der Waals surface area contributed by atoms with Gasteiger partial charge in [-0.25, -0.2) is 4.57 Å². The number of phosphoric ester groups is 1. The third-order valence-electron chi connectivity index (χ3n) is 9.70. The van der Waals surface area contributed by atoms with E-state index in [1.807, 2.05) is 6.92 Å². The molecule has 6 unspecified atom stereocenters. The molecule has 308 valence electrons. The van der Waals surface area contributed by atoms with Crippen molar-refractivity contribution in [3.05, 3.63) is 0 Å². The molecule has 0 aromatic heterocycles. The Morgan fingerprint density at radius 1 is 0.519 bits per heavy atom. The standard InChI is InChI=1S/C38H73O13P/c1-3-5-7-9-10-11-12-13-14-15-16-17-18-19-20-21-22-23-25-27-32(40)50-30(28-48-31(39)26-24-8-6-4-2)29-49-52(46,47)51-38-36(44)34(42)33(41)35(43)37(38)45/h30,33-38,41-45H,3-29H2,1-2H3,(H,46,47). The van der Waals surface area contributed by atoms with Gasteiger partial charge >= 0.3 is 19.8 Å². The highest BCUT2D eigenvalue weighted by Crippen LogP contribution is 2.47. The van der Waals surface area contributed by atoms with Crippen LogP contribution in [-0.2, 0) is 32.7 Å². The van der Waals surface area contributed by atoms with Gasteiger partial charge in [0, 0.05) is 12.8 Å². The van der Waals surface area contributed by atoms with Gasteiger partial charge in [-0.15, -0.1) is 0 Å². The zero-order chi connectivity index (χ0) is 38.6. The number of esters is 2. The van der Waals surface area contributed by atoms with Crippen LogP contribution in [0.5, 0.6) is 0 Å². The predicted molar refractivity (Wildman–Crippen MR) is 198 cm³/mol. The number of hydrogen-bond donors (Lipinski definition) is 6. The van der Waals surface area contributed by atoms with Gasteiger partial charge in [-0.2, -0.15) is 0 Å². The van der Waals surface area contributed by atoms with E-state index in [4.69, 9.17) is 18.5 Å². The Morgan fingerprint density at radius 3 is 1.29 bits per heavy atom. The summed E-state index contributed by atoms with van der Waals surface area (Å²) in [6.45, 7) is 3.14. The quantitative estimate of drug-likeness (QED) is 0.0238. The molecule has 1 aliphatic rings. The van der Waals surface area contributed by atoms with Crippen LogP contribution in [0.3, 0.4) is 0 Å². The molecule has 0 amide bonds. The van der Waals surface area contributed by atoms with Crippen LogP contribution in [0.1, 0.15) is 174 Å². The summed E-state index contributed by atoms with van der Waals surface area (Å²) in [6.07, 6.45) is 14.0. The highest BCUT2D eigenvalue weighted by Gasteiger charge is 2.51. The Kier molecular flexibility index (Phi) is 28.3. The van der Waals surface area contributed by atoms with Crippen molar-refractivity contribution in [1.82, 2.24) is 0 Å². The second-order valence-corrected chi connectivity index (χ2v) is 15.9. The topological polar surface area (TPSA) is 210 Å². The van der Waals surface area contributed by atoms with Crippen molar-refractivity contribution in [1.29, 1.82) is 0 Å². The van der Waals surface area contributed by atoms with Crippen molar-refractivity contribution in [2.24, 2.45) is 0 Å². The molecule has 0 bridgehead atoms. The number of carbonyl (C=O) groups is 2. The lowest BCUT2D eigenvalue weighted by Crippen LogP contribution is -2.64. The highest BCUT2D eigenvalue weighted by atomic mass is 31.2. The summed E-state index contributed by atoms with van der Waals surface area (Å²) in [5.74, 6) is -1.11. The minimum absolute atomic E-state index is 0.103. The first-order valence-corrected chi connectivity index (χ1v) is 21.8. The fraction of sp³-hybridized carbons (Fsp3) is 0.947. The van der Waals surface area contributed by atoms with E-state index in [-0.39, 0.29) is 12.8 Å². The van der Waals surface area contributed by atoms with Crippen LogP contribution in [-0.4, -0.2) is 98.3 Å². The number of aliphatic hydroxyl groups excluding tert-OH is 5. The van der Waals surface area contributed by atoms with Crippen LogP contribution in [0.15, 0.2) is 0 Å². The largest absolute Gasteiger partial charge is 0.472 e. The summed E-state index contributed by atoms with van der Waals surface area (Å²) in [5, 5.41) is 49.8. The first kappa shape index (κ1) is 48.9. The minimum Gasteiger partial charge on any atom is -0.462 e. The van der Waals surface area contributed by atoms with Crippen LogP contribution < -0.4 is 0 Å². The average Bonchev–Trinajstić information content (AvgIpc) is 3.12. The number of aliphatic hydroxyl groups is 5. The Balaban J connectivity index is 2.35. The van der Waals surface area contributed by atoms with E-state index < -0.39 is 75.7 Å². The molecule has 0 heterocycles. The normalized spacial score (nSPS) is 23.6. The van der Waals surface area contributed by atoms with E-state index in [9.17, 15) is 44.6 Å². The van der Waals surface area contributed by atoms with Gasteiger partial charge in [0.05, 0.1) is 6.61 Å². The van der Waals surface area contributed by atoms with Gasteiger partial charge in [-0.05, 0) is 12.8 Å². The lowest BCUT2D eigenvalue weighted by atomic mass is 9.85. The van der Waals surface area contributed by atoms with Crippen LogP contribution in [0.4, 0.5) is 0 Å². The Labute approximate surface area is 312 Å². The van der Waals surface area contributed by atoms with Crippen molar-refractivity contribution in [2.45, 2.75) is 217 Å². The molecular weight excluding hydrogens is 695 g/mol. The molecule has 52 heavy (non-hydrogen) atoms.